The fourth-order valence-corrected chi connectivity index (χ4v) is 3.92. The van der Waals surface area contributed by atoms with E-state index in [4.69, 9.17) is 10.5 Å². The van der Waals surface area contributed by atoms with Crippen LogP contribution in [0.3, 0.4) is 0 Å². The summed E-state index contributed by atoms with van der Waals surface area (Å²) in [5.41, 5.74) is 10.5. The number of benzene rings is 1. The number of nitrogen functional groups attached to an aromatic ring is 1. The molecular formula is C22H31N3O. The summed E-state index contributed by atoms with van der Waals surface area (Å²) >= 11 is 0. The highest BCUT2D eigenvalue weighted by atomic mass is 16.5. The zero-order valence-corrected chi connectivity index (χ0v) is 16.1. The summed E-state index contributed by atoms with van der Waals surface area (Å²) in [6.07, 6.45) is 8.81. The molecule has 0 amide bonds. The third-order valence-corrected chi connectivity index (χ3v) is 5.38. The van der Waals surface area contributed by atoms with Crippen molar-refractivity contribution in [3.05, 3.63) is 41.5 Å². The first kappa shape index (κ1) is 18.7. The molecule has 1 aromatic heterocycles. The van der Waals surface area contributed by atoms with E-state index in [0.717, 1.165) is 36.4 Å². The lowest BCUT2D eigenvalue weighted by Crippen LogP contribution is -2.32. The first-order valence-electron chi connectivity index (χ1n) is 9.87. The fourth-order valence-electron chi connectivity index (χ4n) is 3.92. The third-order valence-electron chi connectivity index (χ3n) is 5.38. The summed E-state index contributed by atoms with van der Waals surface area (Å²) < 4.78 is 5.67. The minimum Gasteiger partial charge on any atom is -0.496 e. The number of pyridine rings is 1. The predicted molar refractivity (Wildman–Crippen MR) is 109 cm³/mol. The van der Waals surface area contributed by atoms with Crippen molar-refractivity contribution < 1.29 is 4.74 Å². The SMILES string of the molecule is CCc1cc(-c2cccc(N)n2)c(OC)cc1CCNC1CCCCC1. The summed E-state index contributed by atoms with van der Waals surface area (Å²) in [6, 6.07) is 10.8. The second-order valence-electron chi connectivity index (χ2n) is 7.16. The third kappa shape index (κ3) is 4.55. The van der Waals surface area contributed by atoms with Gasteiger partial charge in [0.2, 0.25) is 0 Å². The Morgan fingerprint density at radius 2 is 1.96 bits per heavy atom. The Hall–Kier alpha value is -2.07. The molecule has 3 rings (SSSR count). The molecule has 0 unspecified atom stereocenters. The Bertz CT molecular complexity index is 723. The molecule has 0 radical (unpaired) electrons. The summed E-state index contributed by atoms with van der Waals surface area (Å²) in [5, 5.41) is 3.74. The molecule has 0 bridgehead atoms. The maximum absolute atomic E-state index is 5.86. The first-order valence-corrected chi connectivity index (χ1v) is 9.87. The Kier molecular flexibility index (Phi) is 6.51. The van der Waals surface area contributed by atoms with Crippen LogP contribution in [-0.2, 0) is 12.8 Å². The molecule has 1 fully saturated rings. The molecule has 1 aliphatic rings. The van der Waals surface area contributed by atoms with Gasteiger partial charge in [-0.1, -0.05) is 32.3 Å². The van der Waals surface area contributed by atoms with Crippen molar-refractivity contribution in [3.63, 3.8) is 0 Å². The fraction of sp³-hybridized carbons (Fsp3) is 0.500. The van der Waals surface area contributed by atoms with Gasteiger partial charge in [0.15, 0.2) is 0 Å². The molecule has 1 saturated carbocycles. The lowest BCUT2D eigenvalue weighted by molar-refractivity contribution is 0.375. The average Bonchev–Trinajstić information content (AvgIpc) is 2.68. The van der Waals surface area contributed by atoms with Gasteiger partial charge < -0.3 is 15.8 Å². The first-order chi connectivity index (χ1) is 12.7. The number of hydrogen-bond acceptors (Lipinski definition) is 4. The summed E-state index contributed by atoms with van der Waals surface area (Å²) in [5.74, 6) is 1.40. The highest BCUT2D eigenvalue weighted by molar-refractivity contribution is 5.70. The summed E-state index contributed by atoms with van der Waals surface area (Å²) in [4.78, 5) is 4.47. The molecule has 0 saturated heterocycles. The number of aryl methyl sites for hydroxylation is 1. The number of methoxy groups -OCH3 is 1. The number of aromatic nitrogens is 1. The van der Waals surface area contributed by atoms with Crippen molar-refractivity contribution in [2.24, 2.45) is 0 Å². The Morgan fingerprint density at radius 1 is 1.15 bits per heavy atom. The van der Waals surface area contributed by atoms with Crippen LogP contribution in [0.1, 0.15) is 50.2 Å². The van der Waals surface area contributed by atoms with Crippen molar-refractivity contribution in [1.29, 1.82) is 0 Å². The van der Waals surface area contributed by atoms with Gasteiger partial charge >= 0.3 is 0 Å². The molecule has 1 heterocycles. The second kappa shape index (κ2) is 9.04. The van der Waals surface area contributed by atoms with Crippen molar-refractivity contribution in [3.8, 4) is 17.0 Å². The Morgan fingerprint density at radius 3 is 2.65 bits per heavy atom. The quantitative estimate of drug-likeness (QED) is 0.776. The summed E-state index contributed by atoms with van der Waals surface area (Å²) in [7, 11) is 1.72. The zero-order chi connectivity index (χ0) is 18.4. The van der Waals surface area contributed by atoms with E-state index >= 15 is 0 Å². The number of nitrogens with two attached hydrogens (primary N) is 1. The van der Waals surface area contributed by atoms with Gasteiger partial charge in [0.1, 0.15) is 11.6 Å². The van der Waals surface area contributed by atoms with Crippen molar-refractivity contribution in [2.45, 2.75) is 57.9 Å². The van der Waals surface area contributed by atoms with E-state index in [0.29, 0.717) is 11.9 Å². The highest BCUT2D eigenvalue weighted by Gasteiger charge is 2.15. The van der Waals surface area contributed by atoms with Crippen LogP contribution >= 0.6 is 0 Å². The van der Waals surface area contributed by atoms with E-state index in [1.807, 2.05) is 18.2 Å². The lowest BCUT2D eigenvalue weighted by atomic mass is 9.94. The van der Waals surface area contributed by atoms with Crippen LogP contribution in [0.2, 0.25) is 0 Å². The van der Waals surface area contributed by atoms with Crippen LogP contribution in [0.5, 0.6) is 5.75 Å². The molecular weight excluding hydrogens is 322 g/mol. The van der Waals surface area contributed by atoms with Crippen LogP contribution in [0.25, 0.3) is 11.3 Å². The topological polar surface area (TPSA) is 60.2 Å². The zero-order valence-electron chi connectivity index (χ0n) is 16.1. The molecule has 0 atom stereocenters. The second-order valence-corrected chi connectivity index (χ2v) is 7.16. The van der Waals surface area contributed by atoms with Crippen molar-refractivity contribution in [1.82, 2.24) is 10.3 Å². The van der Waals surface area contributed by atoms with Gasteiger partial charge in [-0.25, -0.2) is 4.98 Å². The van der Waals surface area contributed by atoms with Crippen LogP contribution in [-0.4, -0.2) is 24.7 Å². The van der Waals surface area contributed by atoms with Crippen LogP contribution in [0, 0.1) is 0 Å². The minimum absolute atomic E-state index is 0.531. The van der Waals surface area contributed by atoms with E-state index in [2.05, 4.69) is 29.4 Å². The smallest absolute Gasteiger partial charge is 0.128 e. The maximum atomic E-state index is 5.86. The number of nitrogens with one attached hydrogen (secondary N) is 1. The Balaban J connectivity index is 1.77. The maximum Gasteiger partial charge on any atom is 0.128 e. The lowest BCUT2D eigenvalue weighted by Gasteiger charge is -2.23. The van der Waals surface area contributed by atoms with Crippen LogP contribution in [0.15, 0.2) is 30.3 Å². The van der Waals surface area contributed by atoms with Gasteiger partial charge in [-0.2, -0.15) is 0 Å². The van der Waals surface area contributed by atoms with Gasteiger partial charge in [0, 0.05) is 11.6 Å². The molecule has 0 aliphatic heterocycles. The Labute approximate surface area is 157 Å². The molecule has 140 valence electrons. The normalized spacial score (nSPS) is 15.2. The van der Waals surface area contributed by atoms with E-state index < -0.39 is 0 Å². The minimum atomic E-state index is 0.531. The number of rotatable bonds is 7. The van der Waals surface area contributed by atoms with E-state index in [-0.39, 0.29) is 0 Å². The highest BCUT2D eigenvalue weighted by Crippen LogP contribution is 2.33. The molecule has 2 aromatic rings. The van der Waals surface area contributed by atoms with Crippen LogP contribution < -0.4 is 15.8 Å². The van der Waals surface area contributed by atoms with Gasteiger partial charge in [0.05, 0.1) is 12.8 Å². The van der Waals surface area contributed by atoms with Crippen LogP contribution in [0.4, 0.5) is 5.82 Å². The van der Waals surface area contributed by atoms with E-state index in [1.54, 1.807) is 7.11 Å². The van der Waals surface area contributed by atoms with Crippen molar-refractivity contribution in [2.75, 3.05) is 19.4 Å². The molecule has 0 spiro atoms. The molecule has 1 aliphatic carbocycles. The van der Waals surface area contributed by atoms with Crippen molar-refractivity contribution >= 4 is 5.82 Å². The standard InChI is InChI=1S/C22H31N3O/c1-3-16-14-19(20-10-7-11-22(23)25-20)21(26-2)15-17(16)12-13-24-18-8-5-4-6-9-18/h7,10-11,14-15,18,24H,3-6,8-9,12-13H2,1-2H3,(H2,23,25). The van der Waals surface area contributed by atoms with Gasteiger partial charge in [0.25, 0.3) is 0 Å². The van der Waals surface area contributed by atoms with E-state index in [9.17, 15) is 0 Å². The molecule has 3 N–H and O–H groups in total. The van der Waals surface area contributed by atoms with E-state index in [1.165, 1.54) is 43.2 Å². The molecule has 1 aromatic carbocycles. The summed E-state index contributed by atoms with van der Waals surface area (Å²) in [6.45, 7) is 3.23. The number of anilines is 1. The molecule has 26 heavy (non-hydrogen) atoms. The largest absolute Gasteiger partial charge is 0.496 e. The number of ether oxygens (including phenoxy) is 1. The van der Waals surface area contributed by atoms with Gasteiger partial charge in [-0.05, 0) is 67.6 Å². The molecule has 4 nitrogen and oxygen atoms in total. The average molecular weight is 354 g/mol. The monoisotopic (exact) mass is 353 g/mol. The number of hydrogen-bond donors (Lipinski definition) is 2. The predicted octanol–water partition coefficient (Wildman–Crippen LogP) is 4.37. The van der Waals surface area contributed by atoms with Gasteiger partial charge in [-0.15, -0.1) is 0 Å². The number of nitrogens with zero attached hydrogens (tertiary/aromatic N) is 1. The molecule has 4 heteroatoms. The van der Waals surface area contributed by atoms with Gasteiger partial charge in [-0.3, -0.25) is 0 Å².